The zero-order chi connectivity index (χ0) is 43.2. The molecule has 0 radical (unpaired) electrons. The molecule has 4 aromatic rings. The van der Waals surface area contributed by atoms with E-state index in [0.717, 1.165) is 22.3 Å². The number of phenols is 2. The van der Waals surface area contributed by atoms with Crippen LogP contribution in [-0.2, 0) is 32.7 Å². The van der Waals surface area contributed by atoms with E-state index in [9.17, 15) is 25.1 Å². The minimum atomic E-state index is -1.40. The molecular formula is C47H46N4O10S. The summed E-state index contributed by atoms with van der Waals surface area (Å²) >= 11 is 1.47. The summed E-state index contributed by atoms with van der Waals surface area (Å²) < 4.78 is 36.8. The number of aromatic hydroxyl groups is 2. The average Bonchev–Trinajstić information content (AvgIpc) is 3.76. The van der Waals surface area contributed by atoms with Gasteiger partial charge in [-0.05, 0) is 79.8 Å². The molecule has 14 nitrogen and oxygen atoms in total. The molecule has 0 aromatic heterocycles. The zero-order valence-corrected chi connectivity index (χ0v) is 35.7. The fourth-order valence-corrected chi connectivity index (χ4v) is 12.6. The number of aryl methyl sites for hydroxylation is 1. The van der Waals surface area contributed by atoms with Crippen LogP contribution >= 0.6 is 11.8 Å². The van der Waals surface area contributed by atoms with Crippen molar-refractivity contribution in [3.05, 3.63) is 105 Å². The molecule has 0 saturated carbocycles. The topological polar surface area (TPSA) is 172 Å². The number of carbonyl (C=O) groups excluding carboxylic acids is 2. The maximum Gasteiger partial charge on any atom is 0.336 e. The van der Waals surface area contributed by atoms with Crippen molar-refractivity contribution in [3.63, 3.8) is 0 Å². The fraction of sp³-hybridized carbons (Fsp3) is 0.383. The Morgan fingerprint density at radius 3 is 2.56 bits per heavy atom. The third-order valence-electron chi connectivity index (χ3n) is 13.6. The number of nitrogens with one attached hydrogen (secondary N) is 1. The first-order valence-corrected chi connectivity index (χ1v) is 21.7. The standard InChI is InChI=1S/C47H46N4O10S/c1-23-15-27-16-29-30(19-48)51-31-20-58-46(55)47(28-18-33(56-4)32(52)17-26(28)13-14-49-47)21-62-45(39(51)38(50(29)3)35(27)40(54)41(23)57-5)37-36(31)44-43(59-22-60-44)24(2)42(37)61-34(53)12-11-25-9-7-6-8-10-25/h6-12,15,17-18,29-31,38-39,45,49,52,54H,13-14,16,20-22H2,1-5H3/b12-11+/t29-,30-,31-,38?,39?,45+,47+/m0/s1. The summed E-state index contributed by atoms with van der Waals surface area (Å²) in [6.07, 6.45) is 4.10. The summed E-state index contributed by atoms with van der Waals surface area (Å²) in [6, 6.07) is 14.6. The molecule has 4 aromatic carbocycles. The highest BCUT2D eigenvalue weighted by molar-refractivity contribution is 7.99. The van der Waals surface area contributed by atoms with Crippen molar-refractivity contribution >= 4 is 29.8 Å². The number of ether oxygens (including phenoxy) is 6. The summed E-state index contributed by atoms with van der Waals surface area (Å²) in [4.78, 5) is 33.3. The average molecular weight is 859 g/mol. The minimum absolute atomic E-state index is 0.0311. The molecule has 15 heteroatoms. The number of thioether (sulfide) groups is 1. The highest BCUT2D eigenvalue weighted by atomic mass is 32.2. The number of esters is 2. The predicted molar refractivity (Wildman–Crippen MR) is 228 cm³/mol. The van der Waals surface area contributed by atoms with Crippen LogP contribution in [0.1, 0.15) is 67.4 Å². The van der Waals surface area contributed by atoms with E-state index in [2.05, 4.69) is 21.2 Å². The second-order valence-corrected chi connectivity index (χ2v) is 17.8. The lowest BCUT2D eigenvalue weighted by Gasteiger charge is -2.62. The van der Waals surface area contributed by atoms with Gasteiger partial charge in [0.25, 0.3) is 0 Å². The van der Waals surface area contributed by atoms with Crippen LogP contribution in [0, 0.1) is 25.2 Å². The van der Waals surface area contributed by atoms with E-state index < -0.39 is 46.9 Å². The Kier molecular flexibility index (Phi) is 9.82. The third-order valence-corrected chi connectivity index (χ3v) is 15.1. The Morgan fingerprint density at radius 1 is 1.02 bits per heavy atom. The van der Waals surface area contributed by atoms with Gasteiger partial charge in [-0.2, -0.15) is 5.26 Å². The van der Waals surface area contributed by atoms with Crippen LogP contribution < -0.4 is 29.0 Å². The number of piperazine rings is 1. The van der Waals surface area contributed by atoms with Gasteiger partial charge in [0.15, 0.2) is 40.0 Å². The van der Waals surface area contributed by atoms with Crippen LogP contribution in [0.5, 0.6) is 40.2 Å². The largest absolute Gasteiger partial charge is 0.504 e. The maximum atomic E-state index is 14.9. The molecule has 0 aliphatic carbocycles. The quantitative estimate of drug-likeness (QED) is 0.127. The Bertz CT molecular complexity index is 2610. The van der Waals surface area contributed by atoms with Crippen LogP contribution in [0.25, 0.3) is 6.08 Å². The van der Waals surface area contributed by atoms with Gasteiger partial charge >= 0.3 is 11.9 Å². The lowest BCUT2D eigenvalue weighted by molar-refractivity contribution is -0.157. The summed E-state index contributed by atoms with van der Waals surface area (Å²) in [7, 11) is 4.99. The van der Waals surface area contributed by atoms with E-state index in [-0.39, 0.29) is 42.4 Å². The first-order valence-electron chi connectivity index (χ1n) is 20.6. The molecule has 2 fully saturated rings. The molecule has 3 N–H and O–H groups in total. The number of nitriles is 1. The molecular weight excluding hydrogens is 813 g/mol. The maximum absolute atomic E-state index is 14.9. The monoisotopic (exact) mass is 858 g/mol. The van der Waals surface area contributed by atoms with Gasteiger partial charge in [0.05, 0.1) is 37.6 Å². The van der Waals surface area contributed by atoms with Crippen LogP contribution in [-0.4, -0.2) is 97.0 Å². The van der Waals surface area contributed by atoms with E-state index in [1.165, 1.54) is 32.1 Å². The van der Waals surface area contributed by atoms with E-state index >= 15 is 0 Å². The first kappa shape index (κ1) is 40.2. The predicted octanol–water partition coefficient (Wildman–Crippen LogP) is 5.68. The summed E-state index contributed by atoms with van der Waals surface area (Å²) in [5.41, 5.74) is 5.06. The van der Waals surface area contributed by atoms with Crippen molar-refractivity contribution in [2.75, 3.05) is 47.0 Å². The SMILES string of the molecule is COc1cc2c(cc1O)CCN[C@]21CS[C@@H]2c3c(OC(=O)/C=C/c4ccccc4)c(C)c4c(c3[C@H](COC1=O)N1C2C2c3c(cc(C)c(OC)c3O)C[C@@H]([C@@H]1C#N)N2C)OCO4. The number of benzene rings is 4. The van der Waals surface area contributed by atoms with Crippen LogP contribution in [0.3, 0.4) is 0 Å². The highest BCUT2D eigenvalue weighted by Crippen LogP contribution is 2.64. The number of phenolic OH excluding ortho intramolecular Hbond substituents is 2. The Labute approximate surface area is 362 Å². The molecule has 0 amide bonds. The van der Waals surface area contributed by atoms with Crippen molar-refractivity contribution in [1.29, 1.82) is 5.26 Å². The van der Waals surface area contributed by atoms with Gasteiger partial charge in [-0.15, -0.1) is 11.8 Å². The number of carbonyl (C=O) groups is 2. The molecule has 7 heterocycles. The lowest BCUT2D eigenvalue weighted by Crippen LogP contribution is -2.69. The Balaban J connectivity index is 1.23. The molecule has 320 valence electrons. The van der Waals surface area contributed by atoms with Gasteiger partial charge < -0.3 is 38.6 Å². The van der Waals surface area contributed by atoms with Gasteiger partial charge in [0.2, 0.25) is 6.79 Å². The Morgan fingerprint density at radius 2 is 1.81 bits per heavy atom. The number of likely N-dealkylation sites (N-methyl/N-ethyl adjacent to an activating group) is 1. The molecule has 62 heavy (non-hydrogen) atoms. The number of fused-ring (bicyclic) bond motifs is 9. The molecule has 7 aliphatic heterocycles. The van der Waals surface area contributed by atoms with Gasteiger partial charge in [-0.1, -0.05) is 36.4 Å². The van der Waals surface area contributed by atoms with Crippen molar-refractivity contribution in [2.45, 2.75) is 67.7 Å². The van der Waals surface area contributed by atoms with Gasteiger partial charge in [-0.3, -0.25) is 15.1 Å². The summed E-state index contributed by atoms with van der Waals surface area (Å²) in [5, 5.41) is 37.2. The van der Waals surface area contributed by atoms with Gasteiger partial charge in [0.1, 0.15) is 18.4 Å². The normalized spacial score (nSPS) is 27.1. The number of methoxy groups -OCH3 is 2. The van der Waals surface area contributed by atoms with Crippen LogP contribution in [0.4, 0.5) is 0 Å². The number of hydrogen-bond acceptors (Lipinski definition) is 15. The minimum Gasteiger partial charge on any atom is -0.504 e. The molecule has 7 aliphatic rings. The number of hydrogen-bond donors (Lipinski definition) is 3. The van der Waals surface area contributed by atoms with E-state index in [0.29, 0.717) is 70.2 Å². The second-order valence-electron chi connectivity index (χ2n) is 16.7. The van der Waals surface area contributed by atoms with E-state index in [4.69, 9.17) is 28.4 Å². The first-order chi connectivity index (χ1) is 30.0. The second kappa shape index (κ2) is 15.2. The zero-order valence-electron chi connectivity index (χ0n) is 34.9. The smallest absolute Gasteiger partial charge is 0.336 e. The molecule has 7 atom stereocenters. The summed E-state index contributed by atoms with van der Waals surface area (Å²) in [6.45, 7) is 3.87. The van der Waals surface area contributed by atoms with Crippen molar-refractivity contribution in [2.24, 2.45) is 0 Å². The molecule has 4 bridgehead atoms. The van der Waals surface area contributed by atoms with Gasteiger partial charge in [0, 0.05) is 52.7 Å². The molecule has 11 rings (SSSR count). The third kappa shape index (κ3) is 5.87. The van der Waals surface area contributed by atoms with Crippen molar-refractivity contribution in [1.82, 2.24) is 15.1 Å². The highest BCUT2D eigenvalue weighted by Gasteiger charge is 2.62. The van der Waals surface area contributed by atoms with Crippen LogP contribution in [0.15, 0.2) is 54.6 Å². The molecule has 2 unspecified atom stereocenters. The van der Waals surface area contributed by atoms with Crippen LogP contribution in [0.2, 0.25) is 0 Å². The van der Waals surface area contributed by atoms with Crippen molar-refractivity contribution < 1.29 is 48.2 Å². The Hall–Kier alpha value is -5.92. The molecule has 2 saturated heterocycles. The lowest BCUT2D eigenvalue weighted by atomic mass is 9.71. The van der Waals surface area contributed by atoms with Gasteiger partial charge in [-0.25, -0.2) is 9.59 Å². The summed E-state index contributed by atoms with van der Waals surface area (Å²) in [5.74, 6) is 0.722. The van der Waals surface area contributed by atoms with E-state index in [1.807, 2.05) is 57.3 Å². The number of nitrogens with zero attached hydrogens (tertiary/aromatic N) is 3. The van der Waals surface area contributed by atoms with E-state index in [1.54, 1.807) is 18.2 Å². The fourth-order valence-electron chi connectivity index (χ4n) is 10.9. The number of rotatable bonds is 5. The van der Waals surface area contributed by atoms with Crippen molar-refractivity contribution in [3.8, 4) is 46.3 Å². The molecule has 1 spiro atoms.